The van der Waals surface area contributed by atoms with Crippen LogP contribution in [-0.4, -0.2) is 19.9 Å². The molecule has 0 saturated carbocycles. The highest BCUT2D eigenvalue weighted by Crippen LogP contribution is 1.81. The van der Waals surface area contributed by atoms with Gasteiger partial charge in [0.15, 0.2) is 0 Å². The summed E-state index contributed by atoms with van der Waals surface area (Å²) >= 11 is 0. The van der Waals surface area contributed by atoms with Gasteiger partial charge in [0, 0.05) is 0 Å². The summed E-state index contributed by atoms with van der Waals surface area (Å²) in [6, 6.07) is 0. The highest BCUT2D eigenvalue weighted by molar-refractivity contribution is 5.59. The van der Waals surface area contributed by atoms with Crippen molar-refractivity contribution in [3.8, 4) is 0 Å². The Bertz CT molecular complexity index is 107. The molecule has 0 aliphatic rings. The van der Waals surface area contributed by atoms with Crippen LogP contribution in [0.5, 0.6) is 0 Å². The van der Waals surface area contributed by atoms with Crippen molar-refractivity contribution < 1.29 is 14.3 Å². The molecule has 3 heteroatoms. The quantitative estimate of drug-likeness (QED) is 0.418. The van der Waals surface area contributed by atoms with E-state index in [1.165, 1.54) is 7.11 Å². The fourth-order valence-electron chi connectivity index (χ4n) is 0.271. The van der Waals surface area contributed by atoms with Crippen LogP contribution in [0.3, 0.4) is 0 Å². The van der Waals surface area contributed by atoms with Crippen molar-refractivity contribution in [2.45, 2.75) is 6.92 Å². The molecule has 0 unspecified atom stereocenters. The number of methoxy groups -OCH3 is 1. The van der Waals surface area contributed by atoms with Gasteiger partial charge in [-0.25, -0.2) is 4.79 Å². The number of allylic oxidation sites excluding steroid dienone is 1. The van der Waals surface area contributed by atoms with Crippen LogP contribution in [-0.2, 0) is 9.47 Å². The molecule has 0 aromatic rings. The molecule has 0 N–H and O–H groups in total. The lowest BCUT2D eigenvalue weighted by molar-refractivity contribution is 0.0818. The summed E-state index contributed by atoms with van der Waals surface area (Å²) in [7, 11) is 1.28. The number of carbonyl (C=O) groups is 1. The van der Waals surface area contributed by atoms with E-state index in [2.05, 4.69) is 9.47 Å². The SMILES string of the molecule is C/C=C\COC(=O)OC. The Morgan fingerprint density at radius 2 is 2.33 bits per heavy atom. The molecule has 0 rings (SSSR count). The summed E-state index contributed by atoms with van der Waals surface area (Å²) in [5.74, 6) is 0. The maximum Gasteiger partial charge on any atom is 0.508 e. The first-order chi connectivity index (χ1) is 4.31. The van der Waals surface area contributed by atoms with Crippen molar-refractivity contribution >= 4 is 6.16 Å². The topological polar surface area (TPSA) is 35.5 Å². The predicted octanol–water partition coefficient (Wildman–Crippen LogP) is 1.35. The molecular weight excluding hydrogens is 120 g/mol. The lowest BCUT2D eigenvalue weighted by Crippen LogP contribution is -2.03. The van der Waals surface area contributed by atoms with Crippen LogP contribution in [0, 0.1) is 0 Å². The van der Waals surface area contributed by atoms with Gasteiger partial charge in [0.05, 0.1) is 7.11 Å². The summed E-state index contributed by atoms with van der Waals surface area (Å²) in [5.41, 5.74) is 0. The van der Waals surface area contributed by atoms with E-state index < -0.39 is 6.16 Å². The van der Waals surface area contributed by atoms with Crippen LogP contribution < -0.4 is 0 Å². The molecular formula is C6H10O3. The van der Waals surface area contributed by atoms with Gasteiger partial charge in [-0.05, 0) is 6.92 Å². The maximum atomic E-state index is 10.2. The summed E-state index contributed by atoms with van der Waals surface area (Å²) in [6.45, 7) is 2.13. The molecule has 0 saturated heterocycles. The Morgan fingerprint density at radius 1 is 1.67 bits per heavy atom. The molecule has 0 atom stereocenters. The Hall–Kier alpha value is -0.990. The normalized spacial score (nSPS) is 9.56. The smallest absolute Gasteiger partial charge is 0.438 e. The summed E-state index contributed by atoms with van der Waals surface area (Å²) < 4.78 is 8.69. The van der Waals surface area contributed by atoms with Gasteiger partial charge in [-0.3, -0.25) is 0 Å². The van der Waals surface area contributed by atoms with Gasteiger partial charge in [0.2, 0.25) is 0 Å². The molecule has 9 heavy (non-hydrogen) atoms. The van der Waals surface area contributed by atoms with Crippen molar-refractivity contribution in [3.05, 3.63) is 12.2 Å². The lowest BCUT2D eigenvalue weighted by atomic mass is 10.6. The standard InChI is InChI=1S/C6H10O3/c1-3-4-5-9-6(7)8-2/h3-4H,5H2,1-2H3/b4-3-. The summed E-state index contributed by atoms with van der Waals surface area (Å²) in [5, 5.41) is 0. The van der Waals surface area contributed by atoms with Gasteiger partial charge in [-0.2, -0.15) is 0 Å². The summed E-state index contributed by atoms with van der Waals surface area (Å²) in [4.78, 5) is 10.2. The van der Waals surface area contributed by atoms with Gasteiger partial charge in [0.1, 0.15) is 6.61 Å². The van der Waals surface area contributed by atoms with Crippen LogP contribution in [0.4, 0.5) is 4.79 Å². The second kappa shape index (κ2) is 5.15. The second-order valence-electron chi connectivity index (χ2n) is 1.33. The van der Waals surface area contributed by atoms with E-state index >= 15 is 0 Å². The van der Waals surface area contributed by atoms with Gasteiger partial charge in [-0.15, -0.1) is 0 Å². The first-order valence-electron chi connectivity index (χ1n) is 2.63. The average molecular weight is 130 g/mol. The first kappa shape index (κ1) is 8.01. The van der Waals surface area contributed by atoms with Crippen molar-refractivity contribution in [1.82, 2.24) is 0 Å². The molecule has 0 radical (unpaired) electrons. The predicted molar refractivity (Wildman–Crippen MR) is 33.2 cm³/mol. The molecule has 0 heterocycles. The minimum Gasteiger partial charge on any atom is -0.438 e. The maximum absolute atomic E-state index is 10.2. The molecule has 0 spiro atoms. The minimum absolute atomic E-state index is 0.281. The van der Waals surface area contributed by atoms with Gasteiger partial charge in [-0.1, -0.05) is 12.2 Å². The molecule has 0 fully saturated rings. The third-order valence-electron chi connectivity index (χ3n) is 0.700. The van der Waals surface area contributed by atoms with E-state index in [0.29, 0.717) is 0 Å². The van der Waals surface area contributed by atoms with Gasteiger partial charge in [0.25, 0.3) is 0 Å². The molecule has 0 aromatic heterocycles. The Labute approximate surface area is 54.3 Å². The molecule has 0 bridgehead atoms. The number of carbonyl (C=O) groups excluding carboxylic acids is 1. The van der Waals surface area contributed by atoms with Crippen LogP contribution >= 0.6 is 0 Å². The van der Waals surface area contributed by atoms with Crippen LogP contribution in [0.25, 0.3) is 0 Å². The second-order valence-corrected chi connectivity index (χ2v) is 1.33. The van der Waals surface area contributed by atoms with E-state index in [4.69, 9.17) is 0 Å². The van der Waals surface area contributed by atoms with E-state index in [1.54, 1.807) is 12.2 Å². The third kappa shape index (κ3) is 4.87. The average Bonchev–Trinajstić information content (AvgIpc) is 1.89. The van der Waals surface area contributed by atoms with E-state index in [9.17, 15) is 4.79 Å². The fourth-order valence-corrected chi connectivity index (χ4v) is 0.271. The number of ether oxygens (including phenoxy) is 2. The summed E-state index contributed by atoms with van der Waals surface area (Å²) in [6.07, 6.45) is 2.87. The van der Waals surface area contributed by atoms with Gasteiger partial charge < -0.3 is 9.47 Å². The number of hydrogen-bond acceptors (Lipinski definition) is 3. The van der Waals surface area contributed by atoms with Crippen LogP contribution in [0.15, 0.2) is 12.2 Å². The zero-order chi connectivity index (χ0) is 7.11. The largest absolute Gasteiger partial charge is 0.508 e. The monoisotopic (exact) mass is 130 g/mol. The molecule has 0 aromatic carbocycles. The van der Waals surface area contributed by atoms with Crippen LogP contribution in [0.2, 0.25) is 0 Å². The van der Waals surface area contributed by atoms with Crippen molar-refractivity contribution in [3.63, 3.8) is 0 Å². The molecule has 0 aliphatic carbocycles. The lowest BCUT2D eigenvalue weighted by Gasteiger charge is -1.96. The molecule has 3 nitrogen and oxygen atoms in total. The number of rotatable bonds is 2. The van der Waals surface area contributed by atoms with Crippen LogP contribution in [0.1, 0.15) is 6.92 Å². The van der Waals surface area contributed by atoms with E-state index in [-0.39, 0.29) is 6.61 Å². The Kier molecular flexibility index (Phi) is 4.59. The molecule has 52 valence electrons. The first-order valence-corrected chi connectivity index (χ1v) is 2.63. The number of hydrogen-bond donors (Lipinski definition) is 0. The highest BCUT2D eigenvalue weighted by Gasteiger charge is 1.94. The molecule has 0 amide bonds. The van der Waals surface area contributed by atoms with Crippen molar-refractivity contribution in [2.24, 2.45) is 0 Å². The fraction of sp³-hybridized carbons (Fsp3) is 0.500. The molecule has 0 aliphatic heterocycles. The Morgan fingerprint density at radius 3 is 2.78 bits per heavy atom. The highest BCUT2D eigenvalue weighted by atomic mass is 16.7. The van der Waals surface area contributed by atoms with Crippen molar-refractivity contribution in [2.75, 3.05) is 13.7 Å². The third-order valence-corrected chi connectivity index (χ3v) is 0.700. The zero-order valence-electron chi connectivity index (χ0n) is 5.59. The minimum atomic E-state index is -0.645. The van der Waals surface area contributed by atoms with E-state index in [0.717, 1.165) is 0 Å². The van der Waals surface area contributed by atoms with Crippen molar-refractivity contribution in [1.29, 1.82) is 0 Å². The zero-order valence-corrected chi connectivity index (χ0v) is 5.59. The van der Waals surface area contributed by atoms with E-state index in [1.807, 2.05) is 6.92 Å². The Balaban J connectivity index is 3.17. The van der Waals surface area contributed by atoms with Gasteiger partial charge >= 0.3 is 6.16 Å².